The lowest BCUT2D eigenvalue weighted by Crippen LogP contribution is -2.27. The molecule has 0 aliphatic rings. The van der Waals surface area contributed by atoms with Crippen molar-refractivity contribution < 1.29 is 19.9 Å². The summed E-state index contributed by atoms with van der Waals surface area (Å²) in [5, 5.41) is 4.73. The summed E-state index contributed by atoms with van der Waals surface area (Å²) in [6.07, 6.45) is 4.14. The average Bonchev–Trinajstić information content (AvgIpc) is 2.95. The van der Waals surface area contributed by atoms with E-state index in [2.05, 4.69) is 15.3 Å². The maximum absolute atomic E-state index is 15.4. The minimum Gasteiger partial charge on any atom is -0.456 e. The van der Waals surface area contributed by atoms with Gasteiger partial charge in [-0.15, -0.1) is 0 Å². The van der Waals surface area contributed by atoms with Gasteiger partial charge in [0.25, 0.3) is 0 Å². The number of ether oxygens (including phenoxy) is 1. The number of fused-ring (bicyclic) bond motifs is 1. The molecule has 4 rings (SSSR count). The van der Waals surface area contributed by atoms with Crippen molar-refractivity contribution in [3.8, 4) is 11.5 Å². The molecule has 1 unspecified atom stereocenters. The SMILES string of the molecule is Cc1c(Oc2ccnc3ccc(P(C)(=O)c4ccccc4)cc23)ccc(CC(=O)N/C(C=NC(C)(C)C)=C/N)c1F.[HH]. The molecule has 0 fully saturated rings. The second-order valence-corrected chi connectivity index (χ2v) is 13.7. The highest BCUT2D eigenvalue weighted by Crippen LogP contribution is 2.40. The summed E-state index contributed by atoms with van der Waals surface area (Å²) >= 11 is 0. The van der Waals surface area contributed by atoms with Gasteiger partial charge in [-0.25, -0.2) is 4.39 Å². The zero-order valence-electron chi connectivity index (χ0n) is 23.8. The van der Waals surface area contributed by atoms with Crippen molar-refractivity contribution in [2.45, 2.75) is 39.7 Å². The minimum atomic E-state index is -2.87. The number of amides is 1. The number of carbonyl (C=O) groups excluding carboxylic acids is 1. The molecule has 0 aliphatic carbocycles. The standard InChI is InChI=1S/C32H34FN4O3P.H2/c1-21-28(14-11-22(31(21)33)17-30(38)37-23(19-34)20-36-32(2,3)4)40-29-15-16-35-27-13-12-25(18-26(27)29)41(5,39)24-9-7-6-8-10-24;/h6-16,18-20H,17,34H2,1-5H3,(H,37,38);1H/b23-19+,36-20?;. The molecule has 0 saturated heterocycles. The zero-order valence-corrected chi connectivity index (χ0v) is 24.7. The van der Waals surface area contributed by atoms with Crippen LogP contribution in [0.25, 0.3) is 10.9 Å². The molecule has 4 aromatic rings. The molecular formula is C32H36FN4O3P. The summed E-state index contributed by atoms with van der Waals surface area (Å²) in [7, 11) is -2.87. The Hall–Kier alpha value is -4.29. The van der Waals surface area contributed by atoms with E-state index in [0.717, 1.165) is 5.30 Å². The van der Waals surface area contributed by atoms with Crippen LogP contribution in [0.1, 0.15) is 33.3 Å². The molecule has 0 bridgehead atoms. The second-order valence-electron chi connectivity index (χ2n) is 10.8. The van der Waals surface area contributed by atoms with E-state index in [1.165, 1.54) is 18.5 Å². The topological polar surface area (TPSA) is 107 Å². The van der Waals surface area contributed by atoms with Gasteiger partial charge in [0.2, 0.25) is 5.91 Å². The summed E-state index contributed by atoms with van der Waals surface area (Å²) in [4.78, 5) is 21.4. The molecule has 214 valence electrons. The predicted octanol–water partition coefficient (Wildman–Crippen LogP) is 5.99. The molecular weight excluding hydrogens is 538 g/mol. The van der Waals surface area contributed by atoms with Crippen LogP contribution in [0.2, 0.25) is 0 Å². The van der Waals surface area contributed by atoms with Crippen LogP contribution in [-0.4, -0.2) is 29.3 Å². The Kier molecular flexibility index (Phi) is 8.74. The van der Waals surface area contributed by atoms with E-state index < -0.39 is 18.9 Å². The number of rotatable bonds is 8. The maximum Gasteiger partial charge on any atom is 0.228 e. The number of benzene rings is 3. The van der Waals surface area contributed by atoms with Crippen molar-refractivity contribution in [3.63, 3.8) is 0 Å². The van der Waals surface area contributed by atoms with Gasteiger partial charge in [0, 0.05) is 41.6 Å². The monoisotopic (exact) mass is 574 g/mol. The Balaban J connectivity index is 0.00000484. The zero-order chi connectivity index (χ0) is 29.8. The number of halogens is 1. The molecule has 3 N–H and O–H groups in total. The molecule has 1 amide bonds. The molecule has 0 radical (unpaired) electrons. The first-order valence-electron chi connectivity index (χ1n) is 13.1. The summed E-state index contributed by atoms with van der Waals surface area (Å²) in [6, 6.07) is 19.6. The molecule has 0 aliphatic heterocycles. The Morgan fingerprint density at radius 1 is 1.10 bits per heavy atom. The van der Waals surface area contributed by atoms with Gasteiger partial charge in [-0.2, -0.15) is 0 Å². The minimum absolute atomic E-state index is 0. The Labute approximate surface area is 241 Å². The summed E-state index contributed by atoms with van der Waals surface area (Å²) < 4.78 is 35.3. The van der Waals surface area contributed by atoms with E-state index in [9.17, 15) is 9.36 Å². The van der Waals surface area contributed by atoms with Crippen molar-refractivity contribution in [1.29, 1.82) is 0 Å². The molecule has 0 saturated carbocycles. The number of carbonyl (C=O) groups is 1. The van der Waals surface area contributed by atoms with Crippen LogP contribution >= 0.6 is 7.14 Å². The first-order chi connectivity index (χ1) is 19.4. The largest absolute Gasteiger partial charge is 0.456 e. The Morgan fingerprint density at radius 2 is 1.83 bits per heavy atom. The van der Waals surface area contributed by atoms with E-state index in [4.69, 9.17) is 10.5 Å². The normalized spacial score (nSPS) is 13.8. The lowest BCUT2D eigenvalue weighted by molar-refractivity contribution is -0.119. The van der Waals surface area contributed by atoms with E-state index in [0.29, 0.717) is 33.4 Å². The Bertz CT molecular complexity index is 1700. The van der Waals surface area contributed by atoms with E-state index in [1.54, 1.807) is 31.9 Å². The maximum atomic E-state index is 15.4. The van der Waals surface area contributed by atoms with Gasteiger partial charge in [-0.05, 0) is 70.3 Å². The van der Waals surface area contributed by atoms with Crippen molar-refractivity contribution in [2.75, 3.05) is 6.66 Å². The lowest BCUT2D eigenvalue weighted by Gasteiger charge is -2.16. The van der Waals surface area contributed by atoms with E-state index in [-0.39, 0.29) is 24.5 Å². The molecule has 0 spiro atoms. The van der Waals surface area contributed by atoms with Gasteiger partial charge in [0.15, 0.2) is 0 Å². The van der Waals surface area contributed by atoms with Crippen molar-refractivity contribution in [3.05, 3.63) is 102 Å². The third-order valence-electron chi connectivity index (χ3n) is 6.47. The van der Waals surface area contributed by atoms with Crippen LogP contribution in [0, 0.1) is 12.7 Å². The number of nitrogens with one attached hydrogen (secondary N) is 1. The number of hydrogen-bond acceptors (Lipinski definition) is 6. The summed E-state index contributed by atoms with van der Waals surface area (Å²) in [5.41, 5.74) is 6.74. The van der Waals surface area contributed by atoms with Gasteiger partial charge >= 0.3 is 0 Å². The quantitative estimate of drug-likeness (QED) is 0.199. The highest BCUT2D eigenvalue weighted by atomic mass is 31.2. The lowest BCUT2D eigenvalue weighted by atomic mass is 10.1. The third-order valence-corrected chi connectivity index (χ3v) is 9.02. The van der Waals surface area contributed by atoms with E-state index in [1.807, 2.05) is 69.3 Å². The molecule has 3 aromatic carbocycles. The highest BCUT2D eigenvalue weighted by molar-refractivity contribution is 7.78. The van der Waals surface area contributed by atoms with Crippen LogP contribution in [-0.2, 0) is 15.8 Å². The molecule has 41 heavy (non-hydrogen) atoms. The van der Waals surface area contributed by atoms with E-state index >= 15 is 4.39 Å². The molecule has 1 heterocycles. The predicted molar refractivity (Wildman–Crippen MR) is 167 cm³/mol. The smallest absolute Gasteiger partial charge is 0.228 e. The van der Waals surface area contributed by atoms with Crippen molar-refractivity contribution >= 4 is 40.8 Å². The Morgan fingerprint density at radius 3 is 2.51 bits per heavy atom. The highest BCUT2D eigenvalue weighted by Gasteiger charge is 2.22. The molecule has 1 aromatic heterocycles. The number of nitrogens with two attached hydrogens (primary N) is 1. The first kappa shape index (κ1) is 29.7. The number of aliphatic imine (C=N–C) groups is 1. The number of hydrogen-bond donors (Lipinski definition) is 2. The van der Waals surface area contributed by atoms with Gasteiger partial charge in [0.1, 0.15) is 24.5 Å². The van der Waals surface area contributed by atoms with Crippen LogP contribution in [0.5, 0.6) is 11.5 Å². The van der Waals surface area contributed by atoms with Crippen LogP contribution in [0.3, 0.4) is 0 Å². The fourth-order valence-corrected chi connectivity index (χ4v) is 5.95. The molecule has 1 atom stereocenters. The third kappa shape index (κ3) is 7.08. The molecule has 7 nitrogen and oxygen atoms in total. The van der Waals surface area contributed by atoms with Gasteiger partial charge in [-0.3, -0.25) is 14.8 Å². The number of aromatic nitrogens is 1. The fraction of sp³-hybridized carbons (Fsp3) is 0.219. The van der Waals surface area contributed by atoms with Crippen molar-refractivity contribution in [1.82, 2.24) is 10.3 Å². The van der Waals surface area contributed by atoms with Gasteiger partial charge < -0.3 is 20.4 Å². The number of allylic oxidation sites excluding steroid dienone is 1. The fourth-order valence-electron chi connectivity index (χ4n) is 4.17. The second kappa shape index (κ2) is 12.1. The molecule has 9 heteroatoms. The van der Waals surface area contributed by atoms with Gasteiger partial charge in [-0.1, -0.05) is 36.4 Å². The number of nitrogens with zero attached hydrogens (tertiary/aromatic N) is 2. The van der Waals surface area contributed by atoms with Crippen LogP contribution in [0.15, 0.2) is 89.8 Å². The number of pyridine rings is 1. The summed E-state index contributed by atoms with van der Waals surface area (Å²) in [6.45, 7) is 9.09. The van der Waals surface area contributed by atoms with Gasteiger partial charge in [0.05, 0.1) is 23.2 Å². The summed E-state index contributed by atoms with van der Waals surface area (Å²) in [5.74, 6) is -0.217. The van der Waals surface area contributed by atoms with Crippen molar-refractivity contribution in [2.24, 2.45) is 10.7 Å². The van der Waals surface area contributed by atoms with Crippen LogP contribution in [0.4, 0.5) is 4.39 Å². The van der Waals surface area contributed by atoms with Crippen LogP contribution < -0.4 is 26.4 Å². The average molecular weight is 575 g/mol. The first-order valence-corrected chi connectivity index (χ1v) is 15.3.